The van der Waals surface area contributed by atoms with Crippen molar-refractivity contribution < 1.29 is 9.66 Å². The van der Waals surface area contributed by atoms with Crippen LogP contribution in [0.25, 0.3) is 0 Å². The number of non-ortho nitro benzene ring substituents is 1. The number of nitro benzene ring substituents is 1. The van der Waals surface area contributed by atoms with E-state index >= 15 is 0 Å². The van der Waals surface area contributed by atoms with Gasteiger partial charge in [-0.2, -0.15) is 0 Å². The molecule has 1 aromatic carbocycles. The first kappa shape index (κ1) is 13.8. The highest BCUT2D eigenvalue weighted by molar-refractivity contribution is 5.52. The highest BCUT2D eigenvalue weighted by Gasteiger charge is 2.27. The van der Waals surface area contributed by atoms with Crippen molar-refractivity contribution in [2.75, 3.05) is 25.4 Å². The van der Waals surface area contributed by atoms with E-state index in [0.717, 1.165) is 18.7 Å². The van der Waals surface area contributed by atoms with E-state index in [0.29, 0.717) is 18.8 Å². The van der Waals surface area contributed by atoms with Gasteiger partial charge >= 0.3 is 0 Å². The van der Waals surface area contributed by atoms with E-state index in [1.54, 1.807) is 12.1 Å². The number of morpholine rings is 1. The molecular weight excluding hydrogens is 246 g/mol. The number of anilines is 1. The molecule has 0 radical (unpaired) electrons. The number of ether oxygens (including phenoxy) is 1. The van der Waals surface area contributed by atoms with Gasteiger partial charge in [0.25, 0.3) is 5.69 Å². The summed E-state index contributed by atoms with van der Waals surface area (Å²) in [6.07, 6.45) is 0. The second-order valence-corrected chi connectivity index (χ2v) is 5.46. The van der Waals surface area contributed by atoms with Crippen molar-refractivity contribution in [3.63, 3.8) is 0 Å². The molecule has 0 bridgehead atoms. The Morgan fingerprint density at radius 1 is 1.53 bits per heavy atom. The molecule has 1 heterocycles. The number of hydrogen-bond donors (Lipinski definition) is 1. The van der Waals surface area contributed by atoms with Crippen LogP contribution in [0.5, 0.6) is 0 Å². The Balaban J connectivity index is 2.14. The van der Waals surface area contributed by atoms with Crippen molar-refractivity contribution in [3.8, 4) is 0 Å². The maximum atomic E-state index is 10.8. The van der Waals surface area contributed by atoms with Crippen LogP contribution in [0, 0.1) is 10.1 Å². The summed E-state index contributed by atoms with van der Waals surface area (Å²) in [4.78, 5) is 12.6. The Hall–Kier alpha value is -1.66. The Morgan fingerprint density at radius 2 is 2.26 bits per heavy atom. The van der Waals surface area contributed by atoms with Gasteiger partial charge in [-0.1, -0.05) is 0 Å². The number of nitrogens with zero attached hydrogens (tertiary/aromatic N) is 2. The molecule has 104 valence electrons. The molecule has 0 spiro atoms. The maximum absolute atomic E-state index is 10.8. The molecule has 1 fully saturated rings. The van der Waals surface area contributed by atoms with Gasteiger partial charge in [0.05, 0.1) is 17.1 Å². The van der Waals surface area contributed by atoms with Crippen LogP contribution < -0.4 is 5.73 Å². The minimum absolute atomic E-state index is 0.0803. The van der Waals surface area contributed by atoms with E-state index in [4.69, 9.17) is 10.5 Å². The lowest BCUT2D eigenvalue weighted by Crippen LogP contribution is -2.47. The monoisotopic (exact) mass is 265 g/mol. The predicted molar refractivity (Wildman–Crippen MR) is 72.8 cm³/mol. The lowest BCUT2D eigenvalue weighted by Gasteiger charge is -2.38. The molecule has 2 N–H and O–H groups in total. The second kappa shape index (κ2) is 5.14. The summed E-state index contributed by atoms with van der Waals surface area (Å²) in [6.45, 7) is 6.95. The van der Waals surface area contributed by atoms with Gasteiger partial charge in [-0.3, -0.25) is 15.0 Å². The second-order valence-electron chi connectivity index (χ2n) is 5.46. The fourth-order valence-corrected chi connectivity index (χ4v) is 2.33. The molecule has 0 aliphatic carbocycles. The van der Waals surface area contributed by atoms with E-state index < -0.39 is 4.92 Å². The molecule has 1 saturated heterocycles. The average molecular weight is 265 g/mol. The highest BCUT2D eigenvalue weighted by Crippen LogP contribution is 2.24. The fourth-order valence-electron chi connectivity index (χ4n) is 2.33. The SMILES string of the molecule is CC1(C)CN(Cc2cc([N+](=O)[O-])ccc2N)CCO1. The van der Waals surface area contributed by atoms with E-state index in [9.17, 15) is 10.1 Å². The van der Waals surface area contributed by atoms with Crippen LogP contribution in [0.15, 0.2) is 18.2 Å². The van der Waals surface area contributed by atoms with Crippen molar-refractivity contribution in [3.05, 3.63) is 33.9 Å². The quantitative estimate of drug-likeness (QED) is 0.512. The Morgan fingerprint density at radius 3 is 2.89 bits per heavy atom. The normalized spacial score (nSPS) is 19.3. The summed E-state index contributed by atoms with van der Waals surface area (Å²) < 4.78 is 5.64. The Bertz CT molecular complexity index is 488. The van der Waals surface area contributed by atoms with Crippen molar-refractivity contribution >= 4 is 11.4 Å². The van der Waals surface area contributed by atoms with Crippen LogP contribution in [-0.2, 0) is 11.3 Å². The van der Waals surface area contributed by atoms with Crippen LogP contribution in [0.4, 0.5) is 11.4 Å². The third-order valence-electron chi connectivity index (χ3n) is 3.24. The Labute approximate surface area is 112 Å². The highest BCUT2D eigenvalue weighted by atomic mass is 16.6. The minimum Gasteiger partial charge on any atom is -0.398 e. The maximum Gasteiger partial charge on any atom is 0.269 e. The van der Waals surface area contributed by atoms with Gasteiger partial charge in [-0.15, -0.1) is 0 Å². The summed E-state index contributed by atoms with van der Waals surface area (Å²) in [7, 11) is 0. The van der Waals surface area contributed by atoms with Crippen LogP contribution in [-0.4, -0.2) is 35.1 Å². The first-order valence-corrected chi connectivity index (χ1v) is 6.26. The van der Waals surface area contributed by atoms with Gasteiger partial charge < -0.3 is 10.5 Å². The topological polar surface area (TPSA) is 81.6 Å². The zero-order chi connectivity index (χ0) is 14.0. The van der Waals surface area contributed by atoms with Gasteiger partial charge in [0, 0.05) is 37.5 Å². The van der Waals surface area contributed by atoms with Gasteiger partial charge in [0.15, 0.2) is 0 Å². The zero-order valence-electron chi connectivity index (χ0n) is 11.3. The lowest BCUT2D eigenvalue weighted by molar-refractivity contribution is -0.384. The molecule has 0 amide bonds. The third kappa shape index (κ3) is 3.42. The summed E-state index contributed by atoms with van der Waals surface area (Å²) in [5.41, 5.74) is 7.18. The fraction of sp³-hybridized carbons (Fsp3) is 0.538. The van der Waals surface area contributed by atoms with Crippen LogP contribution in [0.2, 0.25) is 0 Å². The lowest BCUT2D eigenvalue weighted by atomic mass is 10.1. The molecular formula is C13H19N3O3. The van der Waals surface area contributed by atoms with Crippen LogP contribution >= 0.6 is 0 Å². The molecule has 19 heavy (non-hydrogen) atoms. The first-order valence-electron chi connectivity index (χ1n) is 6.26. The molecule has 2 rings (SSSR count). The number of hydrogen-bond acceptors (Lipinski definition) is 5. The van der Waals surface area contributed by atoms with Crippen LogP contribution in [0.3, 0.4) is 0 Å². The number of nitrogen functional groups attached to an aromatic ring is 1. The standard InChI is InChI=1S/C13H19N3O3/c1-13(2)9-15(5-6-19-13)8-10-7-11(16(17)18)3-4-12(10)14/h3-4,7H,5-6,8-9,14H2,1-2H3. The molecule has 0 unspecified atom stereocenters. The predicted octanol–water partition coefficient (Wildman–Crippen LogP) is 1.79. The smallest absolute Gasteiger partial charge is 0.269 e. The molecule has 0 saturated carbocycles. The van der Waals surface area contributed by atoms with Gasteiger partial charge in [-0.25, -0.2) is 0 Å². The molecule has 6 nitrogen and oxygen atoms in total. The number of rotatable bonds is 3. The molecule has 1 aliphatic rings. The minimum atomic E-state index is -0.397. The zero-order valence-corrected chi connectivity index (χ0v) is 11.3. The third-order valence-corrected chi connectivity index (χ3v) is 3.24. The van der Waals surface area contributed by atoms with Crippen molar-refractivity contribution in [1.29, 1.82) is 0 Å². The van der Waals surface area contributed by atoms with E-state index in [-0.39, 0.29) is 11.3 Å². The molecule has 0 aromatic heterocycles. The van der Waals surface area contributed by atoms with Gasteiger partial charge in [-0.05, 0) is 25.5 Å². The first-order chi connectivity index (χ1) is 8.87. The number of nitrogens with two attached hydrogens (primary N) is 1. The van der Waals surface area contributed by atoms with Crippen LogP contribution in [0.1, 0.15) is 19.4 Å². The largest absolute Gasteiger partial charge is 0.398 e. The van der Waals surface area contributed by atoms with Gasteiger partial charge in [0.1, 0.15) is 0 Å². The summed E-state index contributed by atoms with van der Waals surface area (Å²) in [5, 5.41) is 10.8. The van der Waals surface area contributed by atoms with E-state index in [1.807, 2.05) is 13.8 Å². The molecule has 1 aliphatic heterocycles. The van der Waals surface area contributed by atoms with Crippen molar-refractivity contribution in [2.45, 2.75) is 26.0 Å². The van der Waals surface area contributed by atoms with E-state index in [1.165, 1.54) is 6.07 Å². The number of benzene rings is 1. The Kier molecular flexibility index (Phi) is 3.73. The molecule has 6 heteroatoms. The molecule has 1 aromatic rings. The average Bonchev–Trinajstić information content (AvgIpc) is 2.30. The summed E-state index contributed by atoms with van der Waals surface area (Å²) >= 11 is 0. The van der Waals surface area contributed by atoms with Crippen molar-refractivity contribution in [2.24, 2.45) is 0 Å². The summed E-state index contributed by atoms with van der Waals surface area (Å²) in [6, 6.07) is 4.58. The molecule has 0 atom stereocenters. The summed E-state index contributed by atoms with van der Waals surface area (Å²) in [5.74, 6) is 0. The van der Waals surface area contributed by atoms with E-state index in [2.05, 4.69) is 4.90 Å². The van der Waals surface area contributed by atoms with Crippen molar-refractivity contribution in [1.82, 2.24) is 4.90 Å². The van der Waals surface area contributed by atoms with Gasteiger partial charge in [0.2, 0.25) is 0 Å². The number of nitro groups is 1.